The number of hydrogen-bond acceptors (Lipinski definition) is 4. The molecule has 1 amide bonds. The van der Waals surface area contributed by atoms with E-state index in [4.69, 9.17) is 0 Å². The van der Waals surface area contributed by atoms with Crippen LogP contribution in [0.15, 0.2) is 53.6 Å². The predicted molar refractivity (Wildman–Crippen MR) is 129 cm³/mol. The number of amides is 1. The maximum absolute atomic E-state index is 13.4. The van der Waals surface area contributed by atoms with Crippen LogP contribution < -0.4 is 0 Å². The largest absolute Gasteiger partial charge is 0.358 e. The molecule has 1 aliphatic heterocycles. The quantitative estimate of drug-likeness (QED) is 0.502. The molecule has 0 spiro atoms. The Hall–Kier alpha value is -3.23. The predicted octanol–water partition coefficient (Wildman–Crippen LogP) is 3.79. The van der Waals surface area contributed by atoms with E-state index in [1.807, 2.05) is 51.1 Å². The summed E-state index contributed by atoms with van der Waals surface area (Å²) >= 11 is 0. The van der Waals surface area contributed by atoms with Crippen LogP contribution in [0, 0.1) is 20.8 Å². The highest BCUT2D eigenvalue weighted by atomic mass is 32.2. The lowest BCUT2D eigenvalue weighted by Crippen LogP contribution is -2.50. The molecule has 0 unspecified atom stereocenters. The van der Waals surface area contributed by atoms with Gasteiger partial charge in [0.1, 0.15) is 4.90 Å². The summed E-state index contributed by atoms with van der Waals surface area (Å²) in [4.78, 5) is 22.8. The van der Waals surface area contributed by atoms with Crippen LogP contribution in [0.1, 0.15) is 27.2 Å². The van der Waals surface area contributed by atoms with Crippen LogP contribution in [0.25, 0.3) is 21.8 Å². The molecule has 1 aliphatic rings. The first kappa shape index (κ1) is 21.6. The van der Waals surface area contributed by atoms with Crippen molar-refractivity contribution in [1.29, 1.82) is 0 Å². The highest BCUT2D eigenvalue weighted by Crippen LogP contribution is 2.27. The SMILES string of the molecule is Cc1cnc2c(S(=O)(=O)N3CCN(C(=O)c4ccc5[nH]c(C)c(C)c5c4)CC3)cccc2c1. The maximum atomic E-state index is 13.4. The van der Waals surface area contributed by atoms with Crippen molar-refractivity contribution in [1.82, 2.24) is 19.2 Å². The summed E-state index contributed by atoms with van der Waals surface area (Å²) in [6, 6.07) is 12.8. The minimum Gasteiger partial charge on any atom is -0.358 e. The summed E-state index contributed by atoms with van der Waals surface area (Å²) in [5.41, 5.74) is 5.31. The fourth-order valence-electron chi connectivity index (χ4n) is 4.50. The van der Waals surface area contributed by atoms with Gasteiger partial charge < -0.3 is 9.88 Å². The number of nitrogens with zero attached hydrogens (tertiary/aromatic N) is 3. The Morgan fingerprint density at radius 3 is 2.52 bits per heavy atom. The number of benzene rings is 2. The van der Waals surface area contributed by atoms with Gasteiger partial charge in [0.15, 0.2) is 0 Å². The van der Waals surface area contributed by atoms with E-state index in [2.05, 4.69) is 9.97 Å². The lowest BCUT2D eigenvalue weighted by Gasteiger charge is -2.34. The average molecular weight is 463 g/mol. The number of hydrogen-bond donors (Lipinski definition) is 1. The summed E-state index contributed by atoms with van der Waals surface area (Å²) in [5, 5.41) is 1.84. The summed E-state index contributed by atoms with van der Waals surface area (Å²) in [6.07, 6.45) is 1.68. The normalized spacial score (nSPS) is 15.4. The van der Waals surface area contributed by atoms with Crippen molar-refractivity contribution in [2.45, 2.75) is 25.7 Å². The molecular formula is C25H26N4O3S. The zero-order valence-electron chi connectivity index (χ0n) is 18.9. The molecule has 0 saturated carbocycles. The number of para-hydroxylation sites is 1. The highest BCUT2D eigenvalue weighted by molar-refractivity contribution is 7.89. The van der Waals surface area contributed by atoms with Gasteiger partial charge in [-0.2, -0.15) is 4.31 Å². The first-order valence-electron chi connectivity index (χ1n) is 11.0. The Morgan fingerprint density at radius 1 is 1.00 bits per heavy atom. The van der Waals surface area contributed by atoms with Crippen molar-refractivity contribution in [2.75, 3.05) is 26.2 Å². The van der Waals surface area contributed by atoms with Gasteiger partial charge in [0.2, 0.25) is 10.0 Å². The lowest BCUT2D eigenvalue weighted by atomic mass is 10.1. The van der Waals surface area contributed by atoms with Crippen LogP contribution in [-0.4, -0.2) is 59.7 Å². The van der Waals surface area contributed by atoms with Gasteiger partial charge in [0.25, 0.3) is 5.91 Å². The number of aromatic amines is 1. The molecule has 0 bridgehead atoms. The topological polar surface area (TPSA) is 86.4 Å². The molecule has 5 rings (SSSR count). The third kappa shape index (κ3) is 3.69. The van der Waals surface area contributed by atoms with Gasteiger partial charge >= 0.3 is 0 Å². The second kappa shape index (κ2) is 7.97. The number of sulfonamides is 1. The molecule has 0 atom stereocenters. The van der Waals surface area contributed by atoms with Gasteiger partial charge in [-0.05, 0) is 62.2 Å². The third-order valence-electron chi connectivity index (χ3n) is 6.51. The van der Waals surface area contributed by atoms with Gasteiger partial charge in [-0.3, -0.25) is 9.78 Å². The van der Waals surface area contributed by atoms with Crippen LogP contribution in [-0.2, 0) is 10.0 Å². The first-order valence-corrected chi connectivity index (χ1v) is 12.4. The molecule has 8 heteroatoms. The molecule has 7 nitrogen and oxygen atoms in total. The van der Waals surface area contributed by atoms with E-state index < -0.39 is 10.0 Å². The molecule has 1 N–H and O–H groups in total. The number of aryl methyl sites for hydroxylation is 3. The van der Waals surface area contributed by atoms with Gasteiger partial charge in [0.05, 0.1) is 5.52 Å². The lowest BCUT2D eigenvalue weighted by molar-refractivity contribution is 0.0698. The van der Waals surface area contributed by atoms with Crippen LogP contribution in [0.2, 0.25) is 0 Å². The van der Waals surface area contributed by atoms with Crippen molar-refractivity contribution in [3.05, 3.63) is 71.0 Å². The summed E-state index contributed by atoms with van der Waals surface area (Å²) in [5.74, 6) is -0.0745. The number of aromatic nitrogens is 2. The fourth-order valence-corrected chi connectivity index (χ4v) is 6.09. The van der Waals surface area contributed by atoms with E-state index in [0.29, 0.717) is 24.2 Å². The van der Waals surface area contributed by atoms with Crippen molar-refractivity contribution in [2.24, 2.45) is 0 Å². The standard InChI is InChI=1S/C25H26N4O3S/c1-16-13-19-5-4-6-23(24(19)26-15-16)33(31,32)29-11-9-28(10-12-29)25(30)20-7-8-22-21(14-20)17(2)18(3)27-22/h4-8,13-15,27H,9-12H2,1-3H3. The van der Waals surface area contributed by atoms with E-state index >= 15 is 0 Å². The third-order valence-corrected chi connectivity index (χ3v) is 8.44. The van der Waals surface area contributed by atoms with Gasteiger partial charge in [-0.25, -0.2) is 8.42 Å². The summed E-state index contributed by atoms with van der Waals surface area (Å²) in [7, 11) is -3.72. The molecule has 33 heavy (non-hydrogen) atoms. The molecule has 2 aromatic heterocycles. The van der Waals surface area contributed by atoms with E-state index in [1.54, 1.807) is 23.2 Å². The van der Waals surface area contributed by atoms with Crippen LogP contribution in [0.5, 0.6) is 0 Å². The van der Waals surface area contributed by atoms with Crippen LogP contribution >= 0.6 is 0 Å². The molecule has 4 aromatic rings. The molecule has 170 valence electrons. The monoisotopic (exact) mass is 462 g/mol. The van der Waals surface area contributed by atoms with Gasteiger partial charge in [0, 0.05) is 59.9 Å². The number of carbonyl (C=O) groups excluding carboxylic acids is 1. The number of piperazine rings is 1. The van der Waals surface area contributed by atoms with Crippen molar-refractivity contribution < 1.29 is 13.2 Å². The Bertz CT molecular complexity index is 1500. The fraction of sp³-hybridized carbons (Fsp3) is 0.280. The molecule has 1 fully saturated rings. The smallest absolute Gasteiger partial charge is 0.253 e. The van der Waals surface area contributed by atoms with Crippen molar-refractivity contribution in [3.63, 3.8) is 0 Å². The number of pyridine rings is 1. The molecule has 0 aliphatic carbocycles. The molecule has 0 radical (unpaired) electrons. The molecule has 2 aromatic carbocycles. The minimum atomic E-state index is -3.72. The zero-order valence-corrected chi connectivity index (χ0v) is 19.7. The number of carbonyl (C=O) groups is 1. The minimum absolute atomic E-state index is 0.0745. The Balaban J connectivity index is 1.36. The van der Waals surface area contributed by atoms with Crippen molar-refractivity contribution in [3.8, 4) is 0 Å². The molecular weight excluding hydrogens is 436 g/mol. The maximum Gasteiger partial charge on any atom is 0.253 e. The molecule has 3 heterocycles. The number of rotatable bonds is 3. The Kier molecular flexibility index (Phi) is 5.22. The van der Waals surface area contributed by atoms with E-state index in [0.717, 1.165) is 33.1 Å². The first-order chi connectivity index (χ1) is 15.8. The van der Waals surface area contributed by atoms with Gasteiger partial charge in [-0.1, -0.05) is 12.1 Å². The number of nitrogens with one attached hydrogen (secondary N) is 1. The van der Waals surface area contributed by atoms with Crippen molar-refractivity contribution >= 4 is 37.7 Å². The molecule has 1 saturated heterocycles. The van der Waals surface area contributed by atoms with E-state index in [9.17, 15) is 13.2 Å². The Morgan fingerprint density at radius 2 is 1.76 bits per heavy atom. The van der Waals surface area contributed by atoms with Crippen LogP contribution in [0.4, 0.5) is 0 Å². The zero-order chi connectivity index (χ0) is 23.3. The number of fused-ring (bicyclic) bond motifs is 2. The van der Waals surface area contributed by atoms with E-state index in [-0.39, 0.29) is 23.9 Å². The van der Waals surface area contributed by atoms with Crippen LogP contribution in [0.3, 0.4) is 0 Å². The highest BCUT2D eigenvalue weighted by Gasteiger charge is 2.32. The second-order valence-corrected chi connectivity index (χ2v) is 10.6. The van der Waals surface area contributed by atoms with E-state index in [1.165, 1.54) is 4.31 Å². The number of H-pyrrole nitrogens is 1. The summed E-state index contributed by atoms with van der Waals surface area (Å²) < 4.78 is 28.3. The van der Waals surface area contributed by atoms with Gasteiger partial charge in [-0.15, -0.1) is 0 Å². The summed E-state index contributed by atoms with van der Waals surface area (Å²) in [6.45, 7) is 7.18. The Labute approximate surface area is 193 Å². The second-order valence-electron chi connectivity index (χ2n) is 8.67. The average Bonchev–Trinajstić information content (AvgIpc) is 3.11.